The first kappa shape index (κ1) is 36.7. The van der Waals surface area contributed by atoms with Gasteiger partial charge >= 0.3 is 0 Å². The molecule has 3 aromatic carbocycles. The summed E-state index contributed by atoms with van der Waals surface area (Å²) < 4.78 is 8.39. The highest BCUT2D eigenvalue weighted by molar-refractivity contribution is 7.22. The summed E-state index contributed by atoms with van der Waals surface area (Å²) in [6.45, 7) is 7.75. The number of thiophene rings is 1. The van der Waals surface area contributed by atoms with Gasteiger partial charge in [0.15, 0.2) is 11.5 Å². The fourth-order valence-corrected chi connectivity index (χ4v) is 11.3. The summed E-state index contributed by atoms with van der Waals surface area (Å²) in [5, 5.41) is 18.7. The fourth-order valence-electron chi connectivity index (χ4n) is 9.81. The molecule has 9 rings (SSSR count). The van der Waals surface area contributed by atoms with Crippen molar-refractivity contribution < 1.29 is 29.0 Å². The molecule has 0 bridgehead atoms. The van der Waals surface area contributed by atoms with Gasteiger partial charge in [0.1, 0.15) is 11.5 Å². The standard InChI is InChI=1S/C43H38Cl2N4O6S/c1-6-55-32-9-7-8-26(37(32)50)36-24-13-14-25-35(41(53)48(39(25)51)23-12-10-20(2)30(45)17-23)28(24)18-29-40(52)49(42(54)43(29,36)4)34-19-31(46-47(34)5)38-21(3)27-16-22(44)11-15-33(27)56-38/h7-13,15-17,19,25,28-29,35-36,50H,6,14,18H2,1-5H3/t25-,28+,29-,35-,36+,43+/m0/s1. The third-order valence-electron chi connectivity index (χ3n) is 12.5. The number of anilines is 2. The van der Waals surface area contributed by atoms with E-state index in [1.807, 2.05) is 45.0 Å². The Bertz CT molecular complexity index is 2600. The number of nitrogens with zero attached hydrogens (tertiary/aromatic N) is 4. The molecule has 2 aliphatic heterocycles. The molecule has 4 heterocycles. The van der Waals surface area contributed by atoms with Crippen LogP contribution in [0.2, 0.25) is 10.0 Å². The van der Waals surface area contributed by atoms with Crippen molar-refractivity contribution in [3.05, 3.63) is 99.0 Å². The van der Waals surface area contributed by atoms with E-state index < -0.39 is 46.8 Å². The van der Waals surface area contributed by atoms with Crippen molar-refractivity contribution in [1.82, 2.24) is 9.78 Å². The number of phenolic OH excluding ortho intramolecular Hbond substituents is 1. The molecule has 5 aromatic rings. The Morgan fingerprint density at radius 1 is 0.964 bits per heavy atom. The number of halogens is 2. The number of aromatic hydroxyl groups is 1. The molecule has 2 aliphatic carbocycles. The van der Waals surface area contributed by atoms with Crippen molar-refractivity contribution in [2.75, 3.05) is 16.4 Å². The van der Waals surface area contributed by atoms with Crippen LogP contribution < -0.4 is 14.5 Å². The lowest BCUT2D eigenvalue weighted by atomic mass is 9.51. The number of carbonyl (C=O) groups is 4. The van der Waals surface area contributed by atoms with Crippen LogP contribution in [0.15, 0.2) is 72.3 Å². The first-order chi connectivity index (χ1) is 26.8. The van der Waals surface area contributed by atoms with Crippen LogP contribution in [0.4, 0.5) is 11.5 Å². The lowest BCUT2D eigenvalue weighted by molar-refractivity contribution is -0.131. The van der Waals surface area contributed by atoms with Crippen LogP contribution in [0.3, 0.4) is 0 Å². The molecule has 2 aromatic heterocycles. The van der Waals surface area contributed by atoms with Gasteiger partial charge in [0, 0.05) is 39.3 Å². The van der Waals surface area contributed by atoms with E-state index in [1.165, 1.54) is 9.80 Å². The minimum Gasteiger partial charge on any atom is -0.504 e. The molecule has 0 spiro atoms. The van der Waals surface area contributed by atoms with Crippen LogP contribution in [0.1, 0.15) is 49.3 Å². The van der Waals surface area contributed by atoms with E-state index in [-0.39, 0.29) is 36.2 Å². The van der Waals surface area contributed by atoms with Gasteiger partial charge in [-0.05, 0) is 99.4 Å². The number of ether oxygens (including phenoxy) is 1. The number of imide groups is 2. The number of para-hydroxylation sites is 1. The molecule has 2 saturated heterocycles. The van der Waals surface area contributed by atoms with Gasteiger partial charge in [-0.3, -0.25) is 23.9 Å². The zero-order valence-corrected chi connectivity index (χ0v) is 33.6. The maximum atomic E-state index is 15.2. The predicted molar refractivity (Wildman–Crippen MR) is 216 cm³/mol. The smallest absolute Gasteiger partial charge is 0.242 e. The van der Waals surface area contributed by atoms with Gasteiger partial charge in [0.05, 0.1) is 40.3 Å². The summed E-state index contributed by atoms with van der Waals surface area (Å²) in [5.74, 6) is -4.82. The van der Waals surface area contributed by atoms with Crippen LogP contribution in [-0.4, -0.2) is 45.1 Å². The summed E-state index contributed by atoms with van der Waals surface area (Å²) in [4.78, 5) is 62.1. The maximum Gasteiger partial charge on any atom is 0.242 e. The highest BCUT2D eigenvalue weighted by Gasteiger charge is 2.68. The fraction of sp³-hybridized carbons (Fsp3) is 0.326. The number of allylic oxidation sites excluding steroid dienone is 2. The second kappa shape index (κ2) is 13.0. The third kappa shape index (κ3) is 5.09. The Balaban J connectivity index is 1.17. The number of hydrogen-bond acceptors (Lipinski definition) is 8. The van der Waals surface area contributed by atoms with E-state index >= 15 is 4.79 Å². The summed E-state index contributed by atoms with van der Waals surface area (Å²) in [5.41, 5.74) is 2.62. The van der Waals surface area contributed by atoms with Gasteiger partial charge in [-0.15, -0.1) is 11.3 Å². The molecule has 286 valence electrons. The van der Waals surface area contributed by atoms with Crippen molar-refractivity contribution >= 4 is 79.8 Å². The van der Waals surface area contributed by atoms with Crippen molar-refractivity contribution in [2.24, 2.45) is 36.1 Å². The predicted octanol–water partition coefficient (Wildman–Crippen LogP) is 8.77. The Hall–Kier alpha value is -4.97. The monoisotopic (exact) mass is 808 g/mol. The number of aryl methyl sites for hydroxylation is 3. The van der Waals surface area contributed by atoms with Crippen LogP contribution >= 0.6 is 34.5 Å². The van der Waals surface area contributed by atoms with Gasteiger partial charge in [-0.2, -0.15) is 5.10 Å². The minimum absolute atomic E-state index is 0.130. The normalized spacial score (nSPS) is 25.8. The van der Waals surface area contributed by atoms with Crippen molar-refractivity contribution in [1.29, 1.82) is 0 Å². The zero-order chi connectivity index (χ0) is 39.5. The highest BCUT2D eigenvalue weighted by atomic mass is 35.5. The summed E-state index contributed by atoms with van der Waals surface area (Å²) >= 11 is 14.3. The molecular formula is C43H38Cl2N4O6S. The molecule has 13 heteroatoms. The average molecular weight is 810 g/mol. The van der Waals surface area contributed by atoms with Gasteiger partial charge in [0.25, 0.3) is 0 Å². The van der Waals surface area contributed by atoms with E-state index in [0.717, 1.165) is 31.7 Å². The van der Waals surface area contributed by atoms with E-state index in [9.17, 15) is 19.5 Å². The molecule has 1 N–H and O–H groups in total. The molecule has 1 saturated carbocycles. The van der Waals surface area contributed by atoms with Crippen molar-refractivity contribution in [3.63, 3.8) is 0 Å². The van der Waals surface area contributed by atoms with Gasteiger partial charge in [-0.1, -0.05) is 53.1 Å². The molecular weight excluding hydrogens is 771 g/mol. The SMILES string of the molecule is CCOc1cccc([C@H]2C3=CC[C@@H]4C(=O)N(c5ccc(C)c(Cl)c5)C(=O)[C@@H]4[C@@H]3C[C@H]3C(=O)N(c4cc(-c5sc6ccc(Cl)cc6c5C)nn4C)C(=O)[C@@]23C)c1O. The Morgan fingerprint density at radius 3 is 2.50 bits per heavy atom. The highest BCUT2D eigenvalue weighted by Crippen LogP contribution is 2.65. The largest absolute Gasteiger partial charge is 0.504 e. The maximum absolute atomic E-state index is 15.2. The number of aromatic nitrogens is 2. The van der Waals surface area contributed by atoms with Crippen LogP contribution in [-0.2, 0) is 26.2 Å². The average Bonchev–Trinajstić information content (AvgIpc) is 3.84. The number of rotatable bonds is 6. The quantitative estimate of drug-likeness (QED) is 0.135. The lowest BCUT2D eigenvalue weighted by Crippen LogP contribution is -2.49. The molecule has 6 atom stereocenters. The molecule has 3 fully saturated rings. The number of hydrogen-bond donors (Lipinski definition) is 1. The van der Waals surface area contributed by atoms with Gasteiger partial charge in [0.2, 0.25) is 23.6 Å². The van der Waals surface area contributed by atoms with E-state index in [1.54, 1.807) is 72.5 Å². The lowest BCUT2D eigenvalue weighted by Gasteiger charge is -2.49. The van der Waals surface area contributed by atoms with Crippen LogP contribution in [0.25, 0.3) is 20.7 Å². The van der Waals surface area contributed by atoms with E-state index in [0.29, 0.717) is 39.4 Å². The number of phenols is 1. The van der Waals surface area contributed by atoms with Crippen molar-refractivity contribution in [2.45, 2.75) is 46.5 Å². The molecule has 4 aliphatic rings. The third-order valence-corrected chi connectivity index (χ3v) is 14.5. The van der Waals surface area contributed by atoms with Crippen LogP contribution in [0.5, 0.6) is 11.5 Å². The van der Waals surface area contributed by atoms with Crippen LogP contribution in [0, 0.1) is 42.9 Å². The molecule has 0 unspecified atom stereocenters. The molecule has 10 nitrogen and oxygen atoms in total. The number of benzene rings is 3. The Morgan fingerprint density at radius 2 is 1.75 bits per heavy atom. The number of carbonyl (C=O) groups excluding carboxylic acids is 4. The minimum atomic E-state index is -1.38. The van der Waals surface area contributed by atoms with Gasteiger partial charge < -0.3 is 9.84 Å². The van der Waals surface area contributed by atoms with Gasteiger partial charge in [-0.25, -0.2) is 9.80 Å². The summed E-state index contributed by atoms with van der Waals surface area (Å²) in [6.07, 6.45) is 2.38. The first-order valence-electron chi connectivity index (χ1n) is 18.7. The zero-order valence-electron chi connectivity index (χ0n) is 31.3. The Kier molecular flexibility index (Phi) is 8.54. The second-order valence-electron chi connectivity index (χ2n) is 15.4. The second-order valence-corrected chi connectivity index (χ2v) is 17.3. The topological polar surface area (TPSA) is 122 Å². The van der Waals surface area contributed by atoms with E-state index in [2.05, 4.69) is 0 Å². The number of fused-ring (bicyclic) bond motifs is 5. The van der Waals surface area contributed by atoms with Crippen molar-refractivity contribution in [3.8, 4) is 22.1 Å². The molecule has 56 heavy (non-hydrogen) atoms. The summed E-state index contributed by atoms with van der Waals surface area (Å²) in [6, 6.07) is 17.8. The number of amides is 4. The molecule has 0 radical (unpaired) electrons. The summed E-state index contributed by atoms with van der Waals surface area (Å²) in [7, 11) is 1.71. The first-order valence-corrected chi connectivity index (χ1v) is 20.2. The Labute approximate surface area is 337 Å². The van der Waals surface area contributed by atoms with E-state index in [4.69, 9.17) is 33.0 Å². The molecule has 4 amide bonds.